The second-order valence-electron chi connectivity index (χ2n) is 5.92. The van der Waals surface area contributed by atoms with E-state index in [0.29, 0.717) is 37.0 Å². The lowest BCUT2D eigenvalue weighted by Gasteiger charge is -2.34. The molecule has 2 amide bonds. The third-order valence-corrected chi connectivity index (χ3v) is 4.76. The Morgan fingerprint density at radius 3 is 2.52 bits per heavy atom. The number of nitrogens with one attached hydrogen (secondary N) is 1. The van der Waals surface area contributed by atoms with Gasteiger partial charge in [0.25, 0.3) is 5.91 Å². The molecule has 0 aliphatic carbocycles. The molecule has 0 atom stereocenters. The highest BCUT2D eigenvalue weighted by atomic mass is 35.5. The van der Waals surface area contributed by atoms with Crippen molar-refractivity contribution < 1.29 is 14.0 Å². The van der Waals surface area contributed by atoms with Crippen molar-refractivity contribution in [2.24, 2.45) is 0 Å². The van der Waals surface area contributed by atoms with Crippen LogP contribution in [-0.4, -0.2) is 54.3 Å². The number of anilines is 1. The number of carbonyl (C=O) groups is 2. The summed E-state index contributed by atoms with van der Waals surface area (Å²) >= 11 is 6.09. The van der Waals surface area contributed by atoms with Crippen molar-refractivity contribution in [2.45, 2.75) is 6.92 Å². The molecule has 0 unspecified atom stereocenters. The van der Waals surface area contributed by atoms with E-state index in [0.717, 1.165) is 11.3 Å². The lowest BCUT2D eigenvalue weighted by atomic mass is 10.2. The molecule has 0 spiro atoms. The molecule has 1 aromatic carbocycles. The van der Waals surface area contributed by atoms with Crippen molar-refractivity contribution in [3.05, 3.63) is 52.9 Å². The maximum atomic E-state index is 12.4. The normalized spacial score (nSPS) is 14.5. The maximum absolute atomic E-state index is 12.4. The minimum absolute atomic E-state index is 0.00414. The van der Waals surface area contributed by atoms with Crippen LogP contribution in [0.5, 0.6) is 0 Å². The summed E-state index contributed by atoms with van der Waals surface area (Å²) in [6.45, 7) is 4.15. The van der Waals surface area contributed by atoms with E-state index >= 15 is 0 Å². The van der Waals surface area contributed by atoms with Gasteiger partial charge in [0.05, 0.1) is 12.8 Å². The van der Waals surface area contributed by atoms with Gasteiger partial charge in [-0.1, -0.05) is 17.7 Å². The summed E-state index contributed by atoms with van der Waals surface area (Å²) in [5, 5.41) is 3.80. The molecule has 3 rings (SSSR count). The highest BCUT2D eigenvalue weighted by molar-refractivity contribution is 6.31. The van der Waals surface area contributed by atoms with Gasteiger partial charge in [0, 0.05) is 36.9 Å². The Bertz CT molecular complexity index is 753. The first-order valence-corrected chi connectivity index (χ1v) is 8.53. The topological polar surface area (TPSA) is 65.8 Å². The lowest BCUT2D eigenvalue weighted by molar-refractivity contribution is -0.130. The molecule has 1 aromatic heterocycles. The molecule has 0 radical (unpaired) electrons. The van der Waals surface area contributed by atoms with Crippen LogP contribution in [0, 0.1) is 6.92 Å². The second kappa shape index (κ2) is 7.61. The Hall–Kier alpha value is -2.47. The van der Waals surface area contributed by atoms with Crippen molar-refractivity contribution in [1.29, 1.82) is 0 Å². The third-order valence-electron chi connectivity index (χ3n) is 4.35. The Balaban J connectivity index is 1.50. The van der Waals surface area contributed by atoms with Crippen LogP contribution >= 0.6 is 11.6 Å². The minimum Gasteiger partial charge on any atom is -0.459 e. The van der Waals surface area contributed by atoms with Gasteiger partial charge in [-0.3, -0.25) is 9.59 Å². The van der Waals surface area contributed by atoms with Crippen LogP contribution in [0.1, 0.15) is 16.1 Å². The first-order valence-electron chi connectivity index (χ1n) is 8.16. The number of piperazine rings is 1. The van der Waals surface area contributed by atoms with E-state index in [1.54, 1.807) is 21.9 Å². The molecule has 7 heteroatoms. The van der Waals surface area contributed by atoms with E-state index in [-0.39, 0.29) is 18.4 Å². The van der Waals surface area contributed by atoms with E-state index < -0.39 is 0 Å². The van der Waals surface area contributed by atoms with E-state index in [1.807, 2.05) is 25.1 Å². The van der Waals surface area contributed by atoms with Crippen molar-refractivity contribution in [2.75, 3.05) is 38.0 Å². The summed E-state index contributed by atoms with van der Waals surface area (Å²) in [6, 6.07) is 8.91. The SMILES string of the molecule is Cc1c(Cl)cccc1NCC(=O)N1CCN(C(=O)c2ccco2)CC1. The third kappa shape index (κ3) is 3.96. The summed E-state index contributed by atoms with van der Waals surface area (Å²) in [4.78, 5) is 28.1. The number of benzene rings is 1. The van der Waals surface area contributed by atoms with Gasteiger partial charge in [0.1, 0.15) is 0 Å². The van der Waals surface area contributed by atoms with Crippen LogP contribution in [-0.2, 0) is 4.79 Å². The zero-order chi connectivity index (χ0) is 17.8. The van der Waals surface area contributed by atoms with Crippen LogP contribution in [0.4, 0.5) is 5.69 Å². The quantitative estimate of drug-likeness (QED) is 0.909. The van der Waals surface area contributed by atoms with Gasteiger partial charge in [-0.2, -0.15) is 0 Å². The molecule has 1 fully saturated rings. The summed E-state index contributed by atoms with van der Waals surface area (Å²) in [5.41, 5.74) is 1.78. The zero-order valence-corrected chi connectivity index (χ0v) is 14.8. The van der Waals surface area contributed by atoms with Gasteiger partial charge < -0.3 is 19.5 Å². The van der Waals surface area contributed by atoms with Crippen LogP contribution < -0.4 is 5.32 Å². The van der Waals surface area contributed by atoms with Crippen LogP contribution in [0.2, 0.25) is 5.02 Å². The Kier molecular flexibility index (Phi) is 5.28. The lowest BCUT2D eigenvalue weighted by Crippen LogP contribution is -2.51. The number of rotatable bonds is 4. The van der Waals surface area contributed by atoms with Gasteiger partial charge in [-0.25, -0.2) is 0 Å². The monoisotopic (exact) mass is 361 g/mol. The number of furan rings is 1. The van der Waals surface area contributed by atoms with Gasteiger partial charge >= 0.3 is 0 Å². The smallest absolute Gasteiger partial charge is 0.289 e. The van der Waals surface area contributed by atoms with Crippen LogP contribution in [0.15, 0.2) is 41.0 Å². The molecule has 1 N–H and O–H groups in total. The molecule has 1 aliphatic heterocycles. The summed E-state index contributed by atoms with van der Waals surface area (Å²) in [7, 11) is 0. The van der Waals surface area contributed by atoms with Gasteiger partial charge in [0.15, 0.2) is 5.76 Å². The van der Waals surface area contributed by atoms with E-state index in [1.165, 1.54) is 6.26 Å². The molecule has 0 saturated carbocycles. The Morgan fingerprint density at radius 2 is 1.84 bits per heavy atom. The first kappa shape index (κ1) is 17.4. The van der Waals surface area contributed by atoms with Crippen molar-refractivity contribution in [3.63, 3.8) is 0 Å². The predicted molar refractivity (Wildman–Crippen MR) is 95.9 cm³/mol. The van der Waals surface area contributed by atoms with E-state index in [9.17, 15) is 9.59 Å². The highest BCUT2D eigenvalue weighted by Gasteiger charge is 2.25. The highest BCUT2D eigenvalue weighted by Crippen LogP contribution is 2.22. The number of hydrogen-bond acceptors (Lipinski definition) is 4. The molecule has 2 aromatic rings. The second-order valence-corrected chi connectivity index (χ2v) is 6.32. The number of carbonyl (C=O) groups excluding carboxylic acids is 2. The minimum atomic E-state index is -0.134. The fraction of sp³-hybridized carbons (Fsp3) is 0.333. The van der Waals surface area contributed by atoms with Crippen molar-refractivity contribution >= 4 is 29.1 Å². The standard InChI is InChI=1S/C18H20ClN3O3/c1-13-14(19)4-2-5-15(13)20-12-17(23)21-7-9-22(10-8-21)18(24)16-6-3-11-25-16/h2-6,11,20H,7-10,12H2,1H3. The number of halogens is 1. The average molecular weight is 362 g/mol. The fourth-order valence-corrected chi connectivity index (χ4v) is 2.97. The summed E-state index contributed by atoms with van der Waals surface area (Å²) < 4.78 is 5.14. The van der Waals surface area contributed by atoms with Crippen LogP contribution in [0.3, 0.4) is 0 Å². The fourth-order valence-electron chi connectivity index (χ4n) is 2.80. The average Bonchev–Trinajstić information content (AvgIpc) is 3.17. The molecule has 0 bridgehead atoms. The Morgan fingerprint density at radius 1 is 1.12 bits per heavy atom. The molecular weight excluding hydrogens is 342 g/mol. The zero-order valence-electron chi connectivity index (χ0n) is 14.0. The van der Waals surface area contributed by atoms with E-state index in [2.05, 4.69) is 5.32 Å². The molecular formula is C18H20ClN3O3. The molecule has 6 nitrogen and oxygen atoms in total. The number of nitrogens with zero attached hydrogens (tertiary/aromatic N) is 2. The molecule has 1 saturated heterocycles. The molecule has 2 heterocycles. The van der Waals surface area contributed by atoms with Crippen molar-refractivity contribution in [1.82, 2.24) is 9.80 Å². The first-order chi connectivity index (χ1) is 12.1. The number of hydrogen-bond donors (Lipinski definition) is 1. The van der Waals surface area contributed by atoms with E-state index in [4.69, 9.17) is 16.0 Å². The van der Waals surface area contributed by atoms with Gasteiger partial charge in [-0.15, -0.1) is 0 Å². The number of amides is 2. The van der Waals surface area contributed by atoms with Crippen LogP contribution in [0.25, 0.3) is 0 Å². The molecule has 25 heavy (non-hydrogen) atoms. The summed E-state index contributed by atoms with van der Waals surface area (Å²) in [5.74, 6) is 0.201. The van der Waals surface area contributed by atoms with Gasteiger partial charge in [0.2, 0.25) is 5.91 Å². The van der Waals surface area contributed by atoms with Crippen molar-refractivity contribution in [3.8, 4) is 0 Å². The molecule has 132 valence electrons. The maximum Gasteiger partial charge on any atom is 0.289 e. The van der Waals surface area contributed by atoms with Gasteiger partial charge in [-0.05, 0) is 36.8 Å². The summed E-state index contributed by atoms with van der Waals surface area (Å²) in [6.07, 6.45) is 1.48. The Labute approximate surface area is 151 Å². The molecule has 1 aliphatic rings. The predicted octanol–water partition coefficient (Wildman–Crippen LogP) is 2.64. The largest absolute Gasteiger partial charge is 0.459 e.